The molecule has 1 aliphatic heterocycles. The average Bonchev–Trinajstić information content (AvgIpc) is 2.52. The number of benzene rings is 1. The van der Waals surface area contributed by atoms with Crippen molar-refractivity contribution < 1.29 is 9.18 Å². The van der Waals surface area contributed by atoms with Crippen molar-refractivity contribution in [3.63, 3.8) is 0 Å². The number of hydrogen-bond acceptors (Lipinski definition) is 3. The fourth-order valence-corrected chi connectivity index (χ4v) is 2.89. The van der Waals surface area contributed by atoms with Crippen LogP contribution in [0.3, 0.4) is 0 Å². The lowest BCUT2D eigenvalue weighted by molar-refractivity contribution is -0.122. The van der Waals surface area contributed by atoms with Crippen LogP contribution in [0.2, 0.25) is 0 Å². The molecule has 2 N–H and O–H groups in total. The minimum Gasteiger partial charge on any atom is -0.359 e. The van der Waals surface area contributed by atoms with Crippen molar-refractivity contribution in [3.8, 4) is 0 Å². The number of carbonyl (C=O) groups is 1. The predicted molar refractivity (Wildman–Crippen MR) is 82.8 cm³/mol. The van der Waals surface area contributed by atoms with Crippen molar-refractivity contribution in [3.05, 3.63) is 29.6 Å². The first-order valence-corrected chi connectivity index (χ1v) is 7.64. The minimum absolute atomic E-state index is 0.0356. The Labute approximate surface area is 125 Å². The van der Waals surface area contributed by atoms with Gasteiger partial charge in [0.15, 0.2) is 0 Å². The van der Waals surface area contributed by atoms with Crippen molar-refractivity contribution in [2.24, 2.45) is 0 Å². The van der Waals surface area contributed by atoms with Crippen LogP contribution in [-0.4, -0.2) is 32.1 Å². The topological polar surface area (TPSA) is 44.4 Å². The second kappa shape index (κ2) is 7.41. The zero-order valence-electron chi connectivity index (χ0n) is 12.8. The summed E-state index contributed by atoms with van der Waals surface area (Å²) in [7, 11) is 1.67. The summed E-state index contributed by atoms with van der Waals surface area (Å²) >= 11 is 0. The first-order valence-electron chi connectivity index (χ1n) is 7.64. The van der Waals surface area contributed by atoms with E-state index in [0.717, 1.165) is 43.6 Å². The molecule has 1 saturated heterocycles. The smallest absolute Gasteiger partial charge is 0.242 e. The van der Waals surface area contributed by atoms with Crippen molar-refractivity contribution in [2.75, 3.05) is 25.0 Å². The summed E-state index contributed by atoms with van der Waals surface area (Å²) in [6.07, 6.45) is 2.96. The molecular weight excluding hydrogens is 269 g/mol. The lowest BCUT2D eigenvalue weighted by atomic mass is 9.99. The maximum atomic E-state index is 13.5. The van der Waals surface area contributed by atoms with E-state index in [4.69, 9.17) is 0 Å². The zero-order valence-corrected chi connectivity index (χ0v) is 12.8. The lowest BCUT2D eigenvalue weighted by Gasteiger charge is -2.37. The van der Waals surface area contributed by atoms with Crippen LogP contribution in [0.15, 0.2) is 18.2 Å². The van der Waals surface area contributed by atoms with E-state index in [-0.39, 0.29) is 17.8 Å². The molecule has 1 aromatic rings. The molecule has 0 radical (unpaired) electrons. The standard InChI is InChI=1S/C16H24FN3O/c1-3-19-11-12-10-13(17)7-8-14(12)20-9-5-4-6-15(20)16(21)18-2/h7-8,10,15,19H,3-6,9,11H2,1-2H3,(H,18,21). The van der Waals surface area contributed by atoms with Gasteiger partial charge in [0.1, 0.15) is 11.9 Å². The Bertz CT molecular complexity index is 492. The summed E-state index contributed by atoms with van der Waals surface area (Å²) in [6.45, 7) is 4.30. The molecule has 0 bridgehead atoms. The Hall–Kier alpha value is -1.62. The van der Waals surface area contributed by atoms with Crippen LogP contribution in [0.1, 0.15) is 31.7 Å². The molecule has 0 spiro atoms. The fourth-order valence-electron chi connectivity index (χ4n) is 2.89. The molecule has 21 heavy (non-hydrogen) atoms. The molecule has 1 atom stereocenters. The molecule has 1 aromatic carbocycles. The number of nitrogens with zero attached hydrogens (tertiary/aromatic N) is 1. The lowest BCUT2D eigenvalue weighted by Crippen LogP contribution is -2.49. The van der Waals surface area contributed by atoms with Crippen LogP contribution < -0.4 is 15.5 Å². The number of halogens is 1. The minimum atomic E-state index is -0.236. The first kappa shape index (κ1) is 15.8. The second-order valence-corrected chi connectivity index (χ2v) is 5.37. The molecule has 2 rings (SSSR count). The molecule has 1 aliphatic rings. The number of carbonyl (C=O) groups excluding carboxylic acids is 1. The zero-order chi connectivity index (χ0) is 15.2. The van der Waals surface area contributed by atoms with E-state index >= 15 is 0 Å². The normalized spacial score (nSPS) is 18.6. The van der Waals surface area contributed by atoms with Gasteiger partial charge in [-0.3, -0.25) is 4.79 Å². The van der Waals surface area contributed by atoms with Gasteiger partial charge >= 0.3 is 0 Å². The Morgan fingerprint density at radius 3 is 2.95 bits per heavy atom. The highest BCUT2D eigenvalue weighted by Gasteiger charge is 2.29. The molecule has 0 saturated carbocycles. The van der Waals surface area contributed by atoms with E-state index in [1.165, 1.54) is 6.07 Å². The van der Waals surface area contributed by atoms with Crippen LogP contribution in [0, 0.1) is 5.82 Å². The maximum absolute atomic E-state index is 13.5. The van der Waals surface area contributed by atoms with Crippen LogP contribution in [0.25, 0.3) is 0 Å². The predicted octanol–water partition coefficient (Wildman–Crippen LogP) is 2.04. The highest BCUT2D eigenvalue weighted by molar-refractivity contribution is 5.85. The molecule has 1 fully saturated rings. The third kappa shape index (κ3) is 3.73. The van der Waals surface area contributed by atoms with E-state index < -0.39 is 0 Å². The summed E-state index contributed by atoms with van der Waals surface area (Å²) in [5.41, 5.74) is 1.87. The molecule has 0 aliphatic carbocycles. The fraction of sp³-hybridized carbons (Fsp3) is 0.562. The first-order chi connectivity index (χ1) is 10.2. The van der Waals surface area contributed by atoms with Gasteiger partial charge in [-0.2, -0.15) is 0 Å². The van der Waals surface area contributed by atoms with Gasteiger partial charge in [0.05, 0.1) is 0 Å². The third-order valence-corrected chi connectivity index (χ3v) is 3.97. The van der Waals surface area contributed by atoms with Gasteiger partial charge in [-0.1, -0.05) is 6.92 Å². The van der Waals surface area contributed by atoms with Crippen molar-refractivity contribution in [2.45, 2.75) is 38.8 Å². The summed E-state index contributed by atoms with van der Waals surface area (Å²) in [5.74, 6) is -0.200. The molecule has 1 heterocycles. The van der Waals surface area contributed by atoms with Crippen molar-refractivity contribution >= 4 is 11.6 Å². The Kier molecular flexibility index (Phi) is 5.56. The Balaban J connectivity index is 2.30. The van der Waals surface area contributed by atoms with E-state index in [1.807, 2.05) is 6.92 Å². The van der Waals surface area contributed by atoms with Gasteiger partial charge in [0.25, 0.3) is 0 Å². The van der Waals surface area contributed by atoms with Gasteiger partial charge in [-0.05, 0) is 49.6 Å². The van der Waals surface area contributed by atoms with Gasteiger partial charge in [-0.25, -0.2) is 4.39 Å². The quantitative estimate of drug-likeness (QED) is 0.873. The number of anilines is 1. The number of likely N-dealkylation sites (N-methyl/N-ethyl adjacent to an activating group) is 1. The highest BCUT2D eigenvalue weighted by Crippen LogP contribution is 2.29. The van der Waals surface area contributed by atoms with E-state index in [9.17, 15) is 9.18 Å². The molecular formula is C16H24FN3O. The summed E-state index contributed by atoms with van der Waals surface area (Å²) in [5, 5.41) is 5.97. The Morgan fingerprint density at radius 2 is 2.24 bits per heavy atom. The van der Waals surface area contributed by atoms with Crippen LogP contribution >= 0.6 is 0 Å². The average molecular weight is 293 g/mol. The largest absolute Gasteiger partial charge is 0.359 e. The van der Waals surface area contributed by atoms with Gasteiger partial charge in [-0.15, -0.1) is 0 Å². The van der Waals surface area contributed by atoms with Gasteiger partial charge in [0, 0.05) is 25.8 Å². The highest BCUT2D eigenvalue weighted by atomic mass is 19.1. The molecule has 116 valence electrons. The van der Waals surface area contributed by atoms with E-state index in [0.29, 0.717) is 6.54 Å². The number of hydrogen-bond donors (Lipinski definition) is 2. The van der Waals surface area contributed by atoms with Gasteiger partial charge in [0.2, 0.25) is 5.91 Å². The molecule has 1 unspecified atom stereocenters. The molecule has 4 nitrogen and oxygen atoms in total. The number of nitrogens with one attached hydrogen (secondary N) is 2. The number of amides is 1. The molecule has 1 amide bonds. The number of piperidine rings is 1. The monoisotopic (exact) mass is 293 g/mol. The van der Waals surface area contributed by atoms with E-state index in [1.54, 1.807) is 19.2 Å². The van der Waals surface area contributed by atoms with E-state index in [2.05, 4.69) is 15.5 Å². The maximum Gasteiger partial charge on any atom is 0.242 e. The van der Waals surface area contributed by atoms with Crippen LogP contribution in [0.5, 0.6) is 0 Å². The van der Waals surface area contributed by atoms with Crippen LogP contribution in [0.4, 0.5) is 10.1 Å². The summed E-state index contributed by atoms with van der Waals surface area (Å²) < 4.78 is 13.5. The Morgan fingerprint density at radius 1 is 1.43 bits per heavy atom. The summed E-state index contributed by atoms with van der Waals surface area (Å²) in [4.78, 5) is 14.2. The van der Waals surface area contributed by atoms with Crippen molar-refractivity contribution in [1.29, 1.82) is 0 Å². The second-order valence-electron chi connectivity index (χ2n) is 5.37. The number of rotatable bonds is 5. The molecule has 0 aromatic heterocycles. The molecule has 5 heteroatoms. The van der Waals surface area contributed by atoms with Crippen molar-refractivity contribution in [1.82, 2.24) is 10.6 Å². The third-order valence-electron chi connectivity index (χ3n) is 3.97. The summed E-state index contributed by atoms with van der Waals surface area (Å²) in [6, 6.07) is 4.67. The SMILES string of the molecule is CCNCc1cc(F)ccc1N1CCCCC1C(=O)NC. The van der Waals surface area contributed by atoms with Crippen LogP contribution in [-0.2, 0) is 11.3 Å². The van der Waals surface area contributed by atoms with Gasteiger partial charge < -0.3 is 15.5 Å².